The zero-order valence-electron chi connectivity index (χ0n) is 10.7. The van der Waals surface area contributed by atoms with Gasteiger partial charge in [0.25, 0.3) is 0 Å². The molecule has 0 amide bonds. The quantitative estimate of drug-likeness (QED) is 0.753. The summed E-state index contributed by atoms with van der Waals surface area (Å²) >= 11 is 0. The van der Waals surface area contributed by atoms with E-state index in [2.05, 4.69) is 27.4 Å². The Hall–Kier alpha value is -1.09. The van der Waals surface area contributed by atoms with Crippen molar-refractivity contribution in [1.82, 2.24) is 0 Å². The molecule has 3 heteroatoms. The van der Waals surface area contributed by atoms with Crippen LogP contribution >= 0.6 is 0 Å². The van der Waals surface area contributed by atoms with Crippen molar-refractivity contribution in [2.75, 3.05) is 5.75 Å². The molecular formula is C14H20O2S. The Morgan fingerprint density at radius 2 is 1.88 bits per heavy atom. The Kier molecular flexibility index (Phi) is 4.15. The van der Waals surface area contributed by atoms with Crippen LogP contribution in [-0.2, 0) is 15.3 Å². The summed E-state index contributed by atoms with van der Waals surface area (Å²) < 4.78 is 24.3. The van der Waals surface area contributed by atoms with E-state index >= 15 is 0 Å². The van der Waals surface area contributed by atoms with Gasteiger partial charge in [-0.15, -0.1) is 6.58 Å². The number of benzene rings is 1. The number of hydrogen-bond donors (Lipinski definition) is 0. The van der Waals surface area contributed by atoms with Crippen molar-refractivity contribution in [3.63, 3.8) is 0 Å². The summed E-state index contributed by atoms with van der Waals surface area (Å²) in [4.78, 5) is 0.437. The van der Waals surface area contributed by atoms with Crippen LogP contribution in [0.4, 0.5) is 0 Å². The Bertz CT molecular complexity index is 499. The number of rotatable bonds is 5. The van der Waals surface area contributed by atoms with Crippen molar-refractivity contribution in [3.05, 3.63) is 42.5 Å². The van der Waals surface area contributed by atoms with Crippen molar-refractivity contribution < 1.29 is 8.42 Å². The Morgan fingerprint density at radius 1 is 1.29 bits per heavy atom. The summed E-state index contributed by atoms with van der Waals surface area (Å²) in [5.41, 5.74) is 0.759. The SMILES string of the molecule is C=CCS(=O)(=O)c1ccccc1C(C)(C)CC. The molecule has 2 nitrogen and oxygen atoms in total. The molecule has 1 aromatic rings. The van der Waals surface area contributed by atoms with Crippen molar-refractivity contribution in [3.8, 4) is 0 Å². The highest BCUT2D eigenvalue weighted by molar-refractivity contribution is 7.91. The van der Waals surface area contributed by atoms with Gasteiger partial charge in [-0.2, -0.15) is 0 Å². The van der Waals surface area contributed by atoms with E-state index in [9.17, 15) is 8.42 Å². The molecular weight excluding hydrogens is 232 g/mol. The largest absolute Gasteiger partial charge is 0.223 e. The lowest BCUT2D eigenvalue weighted by Gasteiger charge is -2.25. The van der Waals surface area contributed by atoms with Gasteiger partial charge in [-0.05, 0) is 23.5 Å². The zero-order chi connectivity index (χ0) is 13.1. The van der Waals surface area contributed by atoms with Gasteiger partial charge in [0.2, 0.25) is 0 Å². The van der Waals surface area contributed by atoms with Crippen LogP contribution in [0, 0.1) is 0 Å². The first kappa shape index (κ1) is 14.0. The summed E-state index contributed by atoms with van der Waals surface area (Å²) in [6.07, 6.45) is 2.33. The molecule has 0 aliphatic rings. The second kappa shape index (κ2) is 5.05. The third-order valence-electron chi connectivity index (χ3n) is 3.17. The van der Waals surface area contributed by atoms with Gasteiger partial charge in [-0.3, -0.25) is 0 Å². The molecule has 0 bridgehead atoms. The molecule has 94 valence electrons. The van der Waals surface area contributed by atoms with E-state index in [4.69, 9.17) is 0 Å². The molecule has 0 radical (unpaired) electrons. The summed E-state index contributed by atoms with van der Waals surface area (Å²) in [7, 11) is -3.25. The molecule has 17 heavy (non-hydrogen) atoms. The standard InChI is InChI=1S/C14H20O2S/c1-5-11-17(15,16)13-10-8-7-9-12(13)14(3,4)6-2/h5,7-10H,1,6,11H2,2-4H3. The molecule has 0 spiro atoms. The Morgan fingerprint density at radius 3 is 2.41 bits per heavy atom. The normalized spacial score (nSPS) is 12.4. The van der Waals surface area contributed by atoms with E-state index in [1.165, 1.54) is 6.08 Å². The van der Waals surface area contributed by atoms with Gasteiger partial charge in [0.1, 0.15) is 0 Å². The van der Waals surface area contributed by atoms with Crippen molar-refractivity contribution >= 4 is 9.84 Å². The summed E-state index contributed by atoms with van der Waals surface area (Å²) in [5, 5.41) is 0. The van der Waals surface area contributed by atoms with Crippen LogP contribution in [-0.4, -0.2) is 14.2 Å². The summed E-state index contributed by atoms with van der Waals surface area (Å²) in [6.45, 7) is 9.70. The fraction of sp³-hybridized carbons (Fsp3) is 0.429. The van der Waals surface area contributed by atoms with Crippen LogP contribution in [0.1, 0.15) is 32.8 Å². The molecule has 0 aliphatic carbocycles. The summed E-state index contributed by atoms with van der Waals surface area (Å²) in [6, 6.07) is 7.25. The molecule has 0 fully saturated rings. The zero-order valence-corrected chi connectivity index (χ0v) is 11.5. The van der Waals surface area contributed by atoms with Gasteiger partial charge >= 0.3 is 0 Å². The van der Waals surface area contributed by atoms with Crippen molar-refractivity contribution in [2.45, 2.75) is 37.5 Å². The molecule has 0 saturated carbocycles. The molecule has 0 unspecified atom stereocenters. The number of sulfone groups is 1. The van der Waals surface area contributed by atoms with E-state index in [0.29, 0.717) is 4.90 Å². The predicted molar refractivity (Wildman–Crippen MR) is 72.0 cm³/mol. The van der Waals surface area contributed by atoms with E-state index in [0.717, 1.165) is 12.0 Å². The molecule has 0 aliphatic heterocycles. The lowest BCUT2D eigenvalue weighted by molar-refractivity contribution is 0.493. The van der Waals surface area contributed by atoms with Crippen LogP contribution in [0.5, 0.6) is 0 Å². The van der Waals surface area contributed by atoms with Gasteiger partial charge < -0.3 is 0 Å². The van der Waals surface area contributed by atoms with E-state index in [1.54, 1.807) is 12.1 Å². The maximum absolute atomic E-state index is 12.1. The smallest absolute Gasteiger partial charge is 0.182 e. The van der Waals surface area contributed by atoms with Crippen LogP contribution in [0.15, 0.2) is 41.8 Å². The van der Waals surface area contributed by atoms with Crippen molar-refractivity contribution in [2.24, 2.45) is 0 Å². The lowest BCUT2D eigenvalue weighted by Crippen LogP contribution is -2.20. The molecule has 0 aromatic heterocycles. The minimum atomic E-state index is -3.25. The van der Waals surface area contributed by atoms with Gasteiger partial charge in [-0.1, -0.05) is 45.0 Å². The highest BCUT2D eigenvalue weighted by Gasteiger charge is 2.26. The van der Waals surface area contributed by atoms with Crippen LogP contribution in [0.2, 0.25) is 0 Å². The van der Waals surface area contributed by atoms with Crippen LogP contribution in [0.25, 0.3) is 0 Å². The molecule has 1 rings (SSSR count). The summed E-state index contributed by atoms with van der Waals surface area (Å²) in [5.74, 6) is -0.0101. The molecule has 0 saturated heterocycles. The van der Waals surface area contributed by atoms with Gasteiger partial charge in [0.05, 0.1) is 10.6 Å². The monoisotopic (exact) mass is 252 g/mol. The highest BCUT2D eigenvalue weighted by atomic mass is 32.2. The first-order valence-electron chi connectivity index (χ1n) is 5.78. The molecule has 0 heterocycles. The number of hydrogen-bond acceptors (Lipinski definition) is 2. The maximum Gasteiger partial charge on any atom is 0.182 e. The van der Waals surface area contributed by atoms with E-state index in [-0.39, 0.29) is 11.2 Å². The second-order valence-corrected chi connectivity index (χ2v) is 6.81. The third-order valence-corrected chi connectivity index (χ3v) is 4.87. The third kappa shape index (κ3) is 2.97. The first-order valence-corrected chi connectivity index (χ1v) is 7.43. The van der Waals surface area contributed by atoms with Crippen molar-refractivity contribution in [1.29, 1.82) is 0 Å². The van der Waals surface area contributed by atoms with Gasteiger partial charge in [0.15, 0.2) is 9.84 Å². The van der Waals surface area contributed by atoms with Gasteiger partial charge in [0, 0.05) is 0 Å². The fourth-order valence-electron chi connectivity index (χ4n) is 1.73. The minimum absolute atomic E-state index is 0.0101. The first-order chi connectivity index (χ1) is 7.85. The highest BCUT2D eigenvalue weighted by Crippen LogP contribution is 2.32. The second-order valence-electron chi connectivity index (χ2n) is 4.80. The average Bonchev–Trinajstić information content (AvgIpc) is 2.29. The van der Waals surface area contributed by atoms with E-state index < -0.39 is 9.84 Å². The molecule has 1 aromatic carbocycles. The fourth-order valence-corrected chi connectivity index (χ4v) is 3.19. The Labute approximate surface area is 104 Å². The molecule has 0 N–H and O–H groups in total. The minimum Gasteiger partial charge on any atom is -0.223 e. The van der Waals surface area contributed by atoms with Crippen LogP contribution in [0.3, 0.4) is 0 Å². The molecule has 0 atom stereocenters. The average molecular weight is 252 g/mol. The topological polar surface area (TPSA) is 34.1 Å². The Balaban J connectivity index is 3.41. The van der Waals surface area contributed by atoms with Gasteiger partial charge in [-0.25, -0.2) is 8.42 Å². The lowest BCUT2D eigenvalue weighted by atomic mass is 9.82. The predicted octanol–water partition coefficient (Wildman–Crippen LogP) is 3.33. The van der Waals surface area contributed by atoms with Crippen LogP contribution < -0.4 is 0 Å². The maximum atomic E-state index is 12.1. The van der Waals surface area contributed by atoms with E-state index in [1.807, 2.05) is 12.1 Å².